The van der Waals surface area contributed by atoms with E-state index in [1.54, 1.807) is 7.11 Å². The van der Waals surface area contributed by atoms with Crippen LogP contribution in [0.1, 0.15) is 37.3 Å². The number of nitrogens with two attached hydrogens (primary N) is 1. The van der Waals surface area contributed by atoms with Gasteiger partial charge in [0.05, 0.1) is 13.2 Å². The maximum Gasteiger partial charge on any atom is 0.247 e. The van der Waals surface area contributed by atoms with E-state index in [2.05, 4.69) is 58.1 Å². The van der Waals surface area contributed by atoms with E-state index in [0.29, 0.717) is 25.4 Å². The molecule has 2 unspecified atom stereocenters. The highest BCUT2D eigenvalue weighted by Crippen LogP contribution is 2.48. The van der Waals surface area contributed by atoms with Crippen molar-refractivity contribution >= 4 is 11.5 Å². The molecule has 1 amide bonds. The third kappa shape index (κ3) is 5.93. The molecule has 5 N–H and O–H groups in total. The van der Waals surface area contributed by atoms with E-state index in [-0.39, 0.29) is 23.1 Å². The van der Waals surface area contributed by atoms with Gasteiger partial charge >= 0.3 is 0 Å². The van der Waals surface area contributed by atoms with Crippen molar-refractivity contribution in [3.05, 3.63) is 65.3 Å². The second kappa shape index (κ2) is 11.9. The van der Waals surface area contributed by atoms with E-state index in [9.17, 15) is 4.79 Å². The van der Waals surface area contributed by atoms with Crippen molar-refractivity contribution in [3.8, 4) is 0 Å². The molecule has 5 rings (SSSR count). The molecule has 3 aliphatic heterocycles. The molecule has 2 atom stereocenters. The summed E-state index contributed by atoms with van der Waals surface area (Å²) in [6, 6.07) is 8.45. The molecule has 218 valence electrons. The third-order valence-corrected chi connectivity index (χ3v) is 8.84. The van der Waals surface area contributed by atoms with Crippen LogP contribution in [0.3, 0.4) is 0 Å². The number of hydrogen-bond acceptors (Lipinski definition) is 8. The largest absolute Gasteiger partial charge is 0.390 e. The lowest BCUT2D eigenvalue weighted by Gasteiger charge is -2.38. The number of allylic oxidation sites excluding steroid dienone is 1. The van der Waals surface area contributed by atoms with Crippen molar-refractivity contribution in [1.82, 2.24) is 25.8 Å². The van der Waals surface area contributed by atoms with Gasteiger partial charge in [0.1, 0.15) is 17.6 Å². The van der Waals surface area contributed by atoms with Crippen molar-refractivity contribution < 1.29 is 14.3 Å². The minimum absolute atomic E-state index is 0.196. The summed E-state index contributed by atoms with van der Waals surface area (Å²) in [5.41, 5.74) is 10.2. The number of likely N-dealkylation sites (N-methyl/N-ethyl adjacent to an activating group) is 1. The van der Waals surface area contributed by atoms with Crippen LogP contribution >= 0.6 is 0 Å². The highest BCUT2D eigenvalue weighted by Gasteiger charge is 2.57. The van der Waals surface area contributed by atoms with E-state index < -0.39 is 0 Å². The van der Waals surface area contributed by atoms with E-state index >= 15 is 0 Å². The molecule has 1 aliphatic carbocycles. The fraction of sp³-hybridized carbons (Fsp3) is 0.581. The number of likely N-dealkylation sites (tertiary alicyclic amines) is 1. The van der Waals surface area contributed by atoms with Crippen LogP contribution in [0.2, 0.25) is 0 Å². The molecule has 3 fully saturated rings. The van der Waals surface area contributed by atoms with Crippen molar-refractivity contribution in [2.24, 2.45) is 17.1 Å². The number of nitrogens with zero attached hydrogens (tertiary/aromatic N) is 2. The standard InChI is InChI=1S/C31H46N6O3/c1-30(20-40-21-30)19-33-18-24(17-32)23-7-5-6-22(14-23)15-28(39-4)35-27-16-26(10-12-34-27)37-13-11-31(29(37)38,36(2)3)25-8-9-25/h5-7,10,14,16,18,25,28,33-35H,8-9,11-13,15,17,19-21,32H2,1-4H3/b24-18+. The highest BCUT2D eigenvalue weighted by molar-refractivity contribution is 5.91. The molecule has 0 aromatic heterocycles. The monoisotopic (exact) mass is 550 g/mol. The fourth-order valence-corrected chi connectivity index (χ4v) is 6.21. The molecule has 0 spiro atoms. The molecule has 40 heavy (non-hydrogen) atoms. The first-order valence-electron chi connectivity index (χ1n) is 14.5. The lowest BCUT2D eigenvalue weighted by molar-refractivity contribution is -0.136. The van der Waals surface area contributed by atoms with Gasteiger partial charge in [-0.05, 0) is 62.1 Å². The number of nitrogens with one attached hydrogen (secondary N) is 3. The smallest absolute Gasteiger partial charge is 0.247 e. The van der Waals surface area contributed by atoms with E-state index in [1.165, 1.54) is 0 Å². The summed E-state index contributed by atoms with van der Waals surface area (Å²) in [5.74, 6) is 1.57. The maximum atomic E-state index is 13.6. The number of amides is 1. The Bertz CT molecular complexity index is 1170. The van der Waals surface area contributed by atoms with Crippen LogP contribution in [-0.4, -0.2) is 88.1 Å². The third-order valence-electron chi connectivity index (χ3n) is 8.84. The number of methoxy groups -OCH3 is 1. The first-order valence-corrected chi connectivity index (χ1v) is 14.5. The Morgan fingerprint density at radius 3 is 2.80 bits per heavy atom. The van der Waals surface area contributed by atoms with Gasteiger partial charge in [0.2, 0.25) is 5.91 Å². The highest BCUT2D eigenvalue weighted by atomic mass is 16.5. The van der Waals surface area contributed by atoms with Gasteiger partial charge in [-0.1, -0.05) is 31.2 Å². The number of ether oxygens (including phenoxy) is 2. The first kappa shape index (κ1) is 28.7. The first-order chi connectivity index (χ1) is 19.3. The molecule has 3 heterocycles. The van der Waals surface area contributed by atoms with Crippen LogP contribution in [0.25, 0.3) is 5.57 Å². The molecule has 2 saturated heterocycles. The Kier molecular flexibility index (Phi) is 8.56. The van der Waals surface area contributed by atoms with Crippen molar-refractivity contribution in [2.75, 3.05) is 60.6 Å². The summed E-state index contributed by atoms with van der Waals surface area (Å²) >= 11 is 0. The summed E-state index contributed by atoms with van der Waals surface area (Å²) in [6.45, 7) is 6.54. The predicted molar refractivity (Wildman–Crippen MR) is 158 cm³/mol. The zero-order chi connectivity index (χ0) is 28.3. The molecule has 9 nitrogen and oxygen atoms in total. The molecule has 1 aromatic carbocycles. The van der Waals surface area contributed by atoms with Gasteiger partial charge < -0.3 is 36.1 Å². The quantitative estimate of drug-likeness (QED) is 0.277. The number of dihydropyridines is 1. The number of carbonyl (C=O) groups is 1. The molecule has 0 bridgehead atoms. The molecule has 4 aliphatic rings. The Balaban J connectivity index is 1.22. The minimum Gasteiger partial charge on any atom is -0.390 e. The summed E-state index contributed by atoms with van der Waals surface area (Å²) in [4.78, 5) is 17.8. The lowest BCUT2D eigenvalue weighted by Crippen LogP contribution is -2.52. The molecular weight excluding hydrogens is 504 g/mol. The average molecular weight is 551 g/mol. The Labute approximate surface area is 238 Å². The van der Waals surface area contributed by atoms with Gasteiger partial charge in [-0.15, -0.1) is 0 Å². The maximum absolute atomic E-state index is 13.6. The Hall–Kier alpha value is -2.85. The van der Waals surface area contributed by atoms with Gasteiger partial charge in [0.15, 0.2) is 0 Å². The minimum atomic E-state index is -0.358. The number of benzene rings is 1. The van der Waals surface area contributed by atoms with Crippen molar-refractivity contribution in [1.29, 1.82) is 0 Å². The van der Waals surface area contributed by atoms with Gasteiger partial charge in [-0.3, -0.25) is 9.69 Å². The Morgan fingerprint density at radius 2 is 2.15 bits per heavy atom. The van der Waals surface area contributed by atoms with Crippen molar-refractivity contribution in [2.45, 2.75) is 44.4 Å². The zero-order valence-corrected chi connectivity index (χ0v) is 24.5. The summed E-state index contributed by atoms with van der Waals surface area (Å²) < 4.78 is 11.2. The number of rotatable bonds is 13. The van der Waals surface area contributed by atoms with Gasteiger partial charge in [-0.25, -0.2) is 0 Å². The molecule has 1 saturated carbocycles. The van der Waals surface area contributed by atoms with E-state index in [0.717, 1.165) is 73.8 Å². The molecule has 0 radical (unpaired) electrons. The molecule has 9 heteroatoms. The van der Waals surface area contributed by atoms with Crippen LogP contribution < -0.4 is 21.7 Å². The Morgan fingerprint density at radius 1 is 1.35 bits per heavy atom. The van der Waals surface area contributed by atoms with E-state index in [4.69, 9.17) is 15.2 Å². The SMILES string of the molecule is COC(Cc1cccc(/C(=C/NCC2(C)COC2)CN)c1)NC1=CC(N2CCC(C3CC3)(N(C)C)C2=O)=CCN1. The normalized spacial score (nSPS) is 25.2. The van der Waals surface area contributed by atoms with Gasteiger partial charge in [-0.2, -0.15) is 0 Å². The summed E-state index contributed by atoms with van der Waals surface area (Å²) in [6.07, 6.45) is 9.78. The zero-order valence-electron chi connectivity index (χ0n) is 24.5. The van der Waals surface area contributed by atoms with Crippen LogP contribution in [0.15, 0.2) is 54.1 Å². The number of hydrogen-bond donors (Lipinski definition) is 4. The fourth-order valence-electron chi connectivity index (χ4n) is 6.21. The summed E-state index contributed by atoms with van der Waals surface area (Å²) in [5, 5.41) is 10.3. The van der Waals surface area contributed by atoms with Gasteiger partial charge in [0.25, 0.3) is 0 Å². The van der Waals surface area contributed by atoms with Crippen LogP contribution in [0.4, 0.5) is 0 Å². The van der Waals surface area contributed by atoms with E-state index in [1.807, 2.05) is 31.3 Å². The molecular formula is C31H46N6O3. The second-order valence-corrected chi connectivity index (χ2v) is 12.2. The van der Waals surface area contributed by atoms with Crippen LogP contribution in [0.5, 0.6) is 0 Å². The molecule has 1 aromatic rings. The van der Waals surface area contributed by atoms with Gasteiger partial charge in [0, 0.05) is 63.1 Å². The van der Waals surface area contributed by atoms with Crippen LogP contribution in [-0.2, 0) is 20.7 Å². The predicted octanol–water partition coefficient (Wildman–Crippen LogP) is 1.99. The van der Waals surface area contributed by atoms with Crippen molar-refractivity contribution in [3.63, 3.8) is 0 Å². The lowest BCUT2D eigenvalue weighted by atomic mass is 9.89. The second-order valence-electron chi connectivity index (χ2n) is 12.2. The average Bonchev–Trinajstić information content (AvgIpc) is 3.72. The summed E-state index contributed by atoms with van der Waals surface area (Å²) in [7, 11) is 5.81. The van der Waals surface area contributed by atoms with Crippen LogP contribution in [0, 0.1) is 11.3 Å². The topological polar surface area (TPSA) is 104 Å². The number of carbonyl (C=O) groups excluding carboxylic acids is 1.